The fourth-order valence-corrected chi connectivity index (χ4v) is 6.23. The fraction of sp³-hybridized carbons (Fsp3) is 0.690. The molecule has 0 aromatic heterocycles. The first-order valence-corrected chi connectivity index (χ1v) is 13.5. The number of benzene rings is 1. The van der Waals surface area contributed by atoms with Crippen LogP contribution in [0.4, 0.5) is 0 Å². The minimum Gasteiger partial charge on any atom is -0.368 e. The maximum absolute atomic E-state index is 13.4. The van der Waals surface area contributed by atoms with E-state index in [0.29, 0.717) is 30.9 Å². The average Bonchev–Trinajstić information content (AvgIpc) is 3.40. The maximum Gasteiger partial charge on any atom is 0.251 e. The minimum absolute atomic E-state index is 0. The number of hydrogen-bond donors (Lipinski definition) is 1. The highest BCUT2D eigenvalue weighted by molar-refractivity contribution is 7.59. The van der Waals surface area contributed by atoms with E-state index in [1.54, 1.807) is 4.90 Å². The van der Waals surface area contributed by atoms with Crippen molar-refractivity contribution in [3.63, 3.8) is 0 Å². The highest BCUT2D eigenvalue weighted by Gasteiger charge is 2.48. The Labute approximate surface area is 242 Å². The molecule has 7 nitrogen and oxygen atoms in total. The van der Waals surface area contributed by atoms with E-state index in [1.807, 2.05) is 26.0 Å². The van der Waals surface area contributed by atoms with Crippen molar-refractivity contribution >= 4 is 44.6 Å². The predicted octanol–water partition coefficient (Wildman–Crippen LogP) is 3.99. The summed E-state index contributed by atoms with van der Waals surface area (Å²) in [6.45, 7) is 6.98. The zero-order valence-electron chi connectivity index (χ0n) is 22.1. The number of Topliss-reactive ketones (excluding diaryl/α,β-unsaturated/α-hetero) is 1. The topological polar surface area (TPSA) is 79.0 Å². The Morgan fingerprint density at radius 3 is 2.24 bits per heavy atom. The van der Waals surface area contributed by atoms with Gasteiger partial charge in [0.2, 0.25) is 5.91 Å². The molecule has 0 bridgehead atoms. The van der Waals surface area contributed by atoms with Crippen LogP contribution < -0.4 is 5.32 Å². The molecule has 1 saturated carbocycles. The maximum atomic E-state index is 13.4. The van der Waals surface area contributed by atoms with Gasteiger partial charge in [0, 0.05) is 18.2 Å². The quantitative estimate of drug-likeness (QED) is 0.541. The molecule has 0 spiro atoms. The molecule has 38 heavy (non-hydrogen) atoms. The number of fused-ring (bicyclic) bond motifs is 1. The van der Waals surface area contributed by atoms with Gasteiger partial charge in [0.15, 0.2) is 5.78 Å². The molecule has 3 saturated heterocycles. The number of carbonyl (C=O) groups excluding carboxylic acids is 3. The lowest BCUT2D eigenvalue weighted by molar-refractivity contribution is -0.138. The smallest absolute Gasteiger partial charge is 0.251 e. The van der Waals surface area contributed by atoms with Crippen LogP contribution >= 0.6 is 27.0 Å². The van der Waals surface area contributed by atoms with Crippen LogP contribution in [0.3, 0.4) is 0 Å². The highest BCUT2D eigenvalue weighted by atomic mass is 32.1. The number of nitrogens with zero attached hydrogens (tertiary/aromatic N) is 2. The van der Waals surface area contributed by atoms with Crippen molar-refractivity contribution in [1.82, 2.24) is 15.1 Å². The van der Waals surface area contributed by atoms with Crippen LogP contribution in [-0.2, 0) is 14.3 Å². The van der Waals surface area contributed by atoms with Gasteiger partial charge >= 0.3 is 0 Å². The van der Waals surface area contributed by atoms with Crippen LogP contribution in [0.25, 0.3) is 0 Å². The Balaban J connectivity index is 0.00000169. The van der Waals surface area contributed by atoms with E-state index in [4.69, 9.17) is 4.74 Å². The van der Waals surface area contributed by atoms with Crippen molar-refractivity contribution in [2.24, 2.45) is 5.92 Å². The number of nitrogens with one attached hydrogen (secondary N) is 1. The Bertz CT molecular complexity index is 946. The van der Waals surface area contributed by atoms with E-state index >= 15 is 0 Å². The summed E-state index contributed by atoms with van der Waals surface area (Å²) in [5.74, 6) is 0.331. The first-order chi connectivity index (χ1) is 16.9. The fourth-order valence-electron chi connectivity index (χ4n) is 6.23. The number of hydrogen-bond acceptors (Lipinski definition) is 5. The predicted molar refractivity (Wildman–Crippen MR) is 161 cm³/mol. The van der Waals surface area contributed by atoms with E-state index in [1.165, 1.54) is 50.8 Å². The molecule has 3 aliphatic heterocycles. The second-order valence-corrected chi connectivity index (χ2v) is 11.3. The van der Waals surface area contributed by atoms with E-state index in [0.717, 1.165) is 6.04 Å². The van der Waals surface area contributed by atoms with Gasteiger partial charge in [-0.2, -0.15) is 27.0 Å². The minimum atomic E-state index is -0.648. The summed E-state index contributed by atoms with van der Waals surface area (Å²) in [5, 5.41) is 2.98. The third-order valence-corrected chi connectivity index (χ3v) is 8.47. The third-order valence-electron chi connectivity index (χ3n) is 8.47. The van der Waals surface area contributed by atoms with Crippen LogP contribution in [-0.4, -0.2) is 77.9 Å². The monoisotopic (exact) mass is 565 g/mol. The number of ketones is 1. The van der Waals surface area contributed by atoms with Crippen molar-refractivity contribution in [2.75, 3.05) is 26.2 Å². The summed E-state index contributed by atoms with van der Waals surface area (Å²) >= 11 is 0. The molecule has 1 N–H and O–H groups in total. The van der Waals surface area contributed by atoms with Crippen LogP contribution in [0.5, 0.6) is 0 Å². The summed E-state index contributed by atoms with van der Waals surface area (Å²) in [6.07, 6.45) is 7.45. The summed E-state index contributed by atoms with van der Waals surface area (Å²) < 4.78 is 5.53. The van der Waals surface area contributed by atoms with Crippen LogP contribution in [0, 0.1) is 5.92 Å². The summed E-state index contributed by atoms with van der Waals surface area (Å²) in [7, 11) is 0. The number of piperidine rings is 1. The number of carbonyl (C=O) groups is 3. The van der Waals surface area contributed by atoms with E-state index < -0.39 is 12.1 Å². The van der Waals surface area contributed by atoms with Gasteiger partial charge in [0.25, 0.3) is 5.91 Å². The molecule has 3 atom stereocenters. The molecule has 214 valence electrons. The number of amides is 2. The third kappa shape index (κ3) is 6.95. The van der Waals surface area contributed by atoms with E-state index in [9.17, 15) is 14.4 Å². The zero-order valence-corrected chi connectivity index (χ0v) is 24.1. The van der Waals surface area contributed by atoms with Crippen molar-refractivity contribution in [1.29, 1.82) is 0 Å². The lowest BCUT2D eigenvalue weighted by Crippen LogP contribution is -2.52. The molecule has 9 heteroatoms. The molecule has 0 unspecified atom stereocenters. The van der Waals surface area contributed by atoms with Crippen molar-refractivity contribution in [3.8, 4) is 0 Å². The van der Waals surface area contributed by atoms with Crippen LogP contribution in [0.1, 0.15) is 88.1 Å². The van der Waals surface area contributed by atoms with Gasteiger partial charge in [-0.3, -0.25) is 14.4 Å². The summed E-state index contributed by atoms with van der Waals surface area (Å²) in [4.78, 5) is 43.1. The highest BCUT2D eigenvalue weighted by Crippen LogP contribution is 2.33. The molecule has 4 fully saturated rings. The van der Waals surface area contributed by atoms with Gasteiger partial charge < -0.3 is 19.9 Å². The van der Waals surface area contributed by atoms with E-state index in [-0.39, 0.29) is 70.6 Å². The molecule has 4 aliphatic rings. The average molecular weight is 566 g/mol. The summed E-state index contributed by atoms with van der Waals surface area (Å²) in [5.41, 5.74) is 1.87. The SMILES string of the molecule is C.CC(C)C[C@H](NC(=O)c1ccc(C2CCN(C3CCC3)CC2)cc1)C(=O)N1CC[C@H]2OCC(=O)[C@H]21.S.S. The molecule has 2 amide bonds. The first kappa shape index (κ1) is 32.7. The molecule has 1 aromatic carbocycles. The Morgan fingerprint density at radius 2 is 1.66 bits per heavy atom. The van der Waals surface area contributed by atoms with Crippen LogP contribution in [0.15, 0.2) is 24.3 Å². The van der Waals surface area contributed by atoms with Gasteiger partial charge in [0.05, 0.1) is 6.10 Å². The van der Waals surface area contributed by atoms with Crippen LogP contribution in [0.2, 0.25) is 0 Å². The Kier molecular flexibility index (Phi) is 12.2. The Hall–Kier alpha value is -1.55. The molecule has 5 rings (SSSR count). The van der Waals surface area contributed by atoms with Crippen molar-refractivity contribution in [3.05, 3.63) is 35.4 Å². The molecule has 1 aliphatic carbocycles. The lowest BCUT2D eigenvalue weighted by Gasteiger charge is -2.42. The molecule has 3 heterocycles. The standard InChI is InChI=1S/C28H39N3O4.CH4.2H2S/c1-18(2)16-23(28(34)31-15-12-25-26(31)24(32)17-35-25)29-27(33)21-8-6-19(7-9-21)20-10-13-30(14-11-20)22-4-3-5-22;;;/h6-9,18,20,22-23,25-26H,3-5,10-17H2,1-2H3,(H,29,33);1H4;2*1H2/t23-,25+,26+;;;/m0.../s1. The lowest BCUT2D eigenvalue weighted by atomic mass is 9.85. The number of rotatable bonds is 7. The summed E-state index contributed by atoms with van der Waals surface area (Å²) in [6, 6.07) is 7.61. The van der Waals surface area contributed by atoms with Gasteiger partial charge in [-0.25, -0.2) is 0 Å². The largest absolute Gasteiger partial charge is 0.368 e. The normalized spacial score (nSPS) is 24.5. The van der Waals surface area contributed by atoms with Crippen molar-refractivity contribution in [2.45, 2.75) is 96.4 Å². The second kappa shape index (κ2) is 14.2. The molecular formula is C29H47N3O4S2. The second-order valence-electron chi connectivity index (χ2n) is 11.3. The van der Waals surface area contributed by atoms with Gasteiger partial charge in [0.1, 0.15) is 18.7 Å². The van der Waals surface area contributed by atoms with Crippen molar-refractivity contribution < 1.29 is 19.1 Å². The molecular weight excluding hydrogens is 518 g/mol. The van der Waals surface area contributed by atoms with E-state index in [2.05, 4.69) is 22.3 Å². The number of likely N-dealkylation sites (tertiary alicyclic amines) is 2. The Morgan fingerprint density at radius 1 is 1.00 bits per heavy atom. The first-order valence-electron chi connectivity index (χ1n) is 13.5. The number of ether oxygens (including phenoxy) is 1. The molecule has 0 radical (unpaired) electrons. The van der Waals surface area contributed by atoms with Gasteiger partial charge in [-0.1, -0.05) is 39.8 Å². The van der Waals surface area contributed by atoms with Gasteiger partial charge in [-0.05, 0) is 81.1 Å². The molecule has 1 aromatic rings. The van der Waals surface area contributed by atoms with Gasteiger partial charge in [-0.15, -0.1) is 0 Å². The zero-order chi connectivity index (χ0) is 24.5.